The van der Waals surface area contributed by atoms with Crippen molar-refractivity contribution >= 4 is 21.7 Å². The van der Waals surface area contributed by atoms with Crippen molar-refractivity contribution in [3.05, 3.63) is 40.8 Å². The third-order valence-electron chi connectivity index (χ3n) is 2.39. The maximum absolute atomic E-state index is 13.2. The van der Waals surface area contributed by atoms with Gasteiger partial charge in [0.05, 0.1) is 4.47 Å². The number of benzene rings is 1. The highest BCUT2D eigenvalue weighted by Gasteiger charge is 2.05. The van der Waals surface area contributed by atoms with Gasteiger partial charge in [0.15, 0.2) is 5.82 Å². The van der Waals surface area contributed by atoms with Gasteiger partial charge in [-0.25, -0.2) is 14.4 Å². The molecule has 1 aromatic heterocycles. The van der Waals surface area contributed by atoms with Gasteiger partial charge in [0.25, 0.3) is 0 Å². The van der Waals surface area contributed by atoms with Crippen molar-refractivity contribution in [1.29, 1.82) is 0 Å². The molecule has 1 heterocycles. The lowest BCUT2D eigenvalue weighted by Crippen LogP contribution is -2.03. The molecule has 94 valence electrons. The first kappa shape index (κ1) is 13.0. The first-order chi connectivity index (χ1) is 8.70. The Balaban J connectivity index is 2.29. The van der Waals surface area contributed by atoms with Crippen LogP contribution in [0.5, 0.6) is 0 Å². The summed E-state index contributed by atoms with van der Waals surface area (Å²) < 4.78 is 13.6. The van der Waals surface area contributed by atoms with Crippen LogP contribution in [0.1, 0.15) is 13.3 Å². The summed E-state index contributed by atoms with van der Waals surface area (Å²) in [5.41, 5.74) is 0.781. The molecule has 0 aliphatic carbocycles. The smallest absolute Gasteiger partial charge is 0.161 e. The lowest BCUT2D eigenvalue weighted by Gasteiger charge is -2.06. The minimum Gasteiger partial charge on any atom is -0.370 e. The van der Waals surface area contributed by atoms with Crippen LogP contribution in [-0.2, 0) is 0 Å². The highest BCUT2D eigenvalue weighted by atomic mass is 79.9. The van der Waals surface area contributed by atoms with Crippen LogP contribution in [0.3, 0.4) is 0 Å². The van der Waals surface area contributed by atoms with E-state index in [0.29, 0.717) is 10.3 Å². The lowest BCUT2D eigenvalue weighted by molar-refractivity contribution is 0.621. The van der Waals surface area contributed by atoms with Gasteiger partial charge in [-0.05, 0) is 46.6 Å². The molecular formula is C13H13BrFN3. The topological polar surface area (TPSA) is 37.8 Å². The van der Waals surface area contributed by atoms with Gasteiger partial charge in [0.1, 0.15) is 11.6 Å². The Bertz CT molecular complexity index is 546. The largest absolute Gasteiger partial charge is 0.370 e. The summed E-state index contributed by atoms with van der Waals surface area (Å²) in [4.78, 5) is 8.58. The van der Waals surface area contributed by atoms with Crippen molar-refractivity contribution in [2.24, 2.45) is 0 Å². The Kier molecular flexibility index (Phi) is 4.25. The first-order valence-electron chi connectivity index (χ1n) is 5.73. The SMILES string of the molecule is CCCNc1ccnc(-c2ccc(F)c(Br)c2)n1. The van der Waals surface area contributed by atoms with Crippen molar-refractivity contribution in [3.8, 4) is 11.4 Å². The van der Waals surface area contributed by atoms with Gasteiger partial charge in [0, 0.05) is 18.3 Å². The van der Waals surface area contributed by atoms with Gasteiger partial charge in [-0.15, -0.1) is 0 Å². The second-order valence-corrected chi connectivity index (χ2v) is 4.68. The number of nitrogens with zero attached hydrogens (tertiary/aromatic N) is 2. The molecule has 1 aromatic carbocycles. The van der Waals surface area contributed by atoms with Crippen LogP contribution in [0.2, 0.25) is 0 Å². The van der Waals surface area contributed by atoms with E-state index in [4.69, 9.17) is 0 Å². The fourth-order valence-corrected chi connectivity index (χ4v) is 1.86. The summed E-state index contributed by atoms with van der Waals surface area (Å²) in [6.45, 7) is 2.95. The molecule has 0 spiro atoms. The van der Waals surface area contributed by atoms with Crippen molar-refractivity contribution in [1.82, 2.24) is 9.97 Å². The van der Waals surface area contributed by atoms with Crippen LogP contribution >= 0.6 is 15.9 Å². The molecule has 0 atom stereocenters. The fraction of sp³-hybridized carbons (Fsp3) is 0.231. The summed E-state index contributed by atoms with van der Waals surface area (Å²) >= 11 is 3.16. The highest BCUT2D eigenvalue weighted by Crippen LogP contribution is 2.23. The number of anilines is 1. The molecule has 2 rings (SSSR count). The third-order valence-corrected chi connectivity index (χ3v) is 3.00. The Morgan fingerprint density at radius 2 is 2.17 bits per heavy atom. The highest BCUT2D eigenvalue weighted by molar-refractivity contribution is 9.10. The second kappa shape index (κ2) is 5.91. The number of nitrogens with one attached hydrogen (secondary N) is 1. The van der Waals surface area contributed by atoms with Gasteiger partial charge >= 0.3 is 0 Å². The molecule has 18 heavy (non-hydrogen) atoms. The van der Waals surface area contributed by atoms with Crippen LogP contribution < -0.4 is 5.32 Å². The van der Waals surface area contributed by atoms with E-state index in [1.165, 1.54) is 6.07 Å². The van der Waals surface area contributed by atoms with Gasteiger partial charge < -0.3 is 5.32 Å². The van der Waals surface area contributed by atoms with Crippen molar-refractivity contribution in [2.75, 3.05) is 11.9 Å². The van der Waals surface area contributed by atoms with E-state index in [-0.39, 0.29) is 5.82 Å². The van der Waals surface area contributed by atoms with Crippen LogP contribution in [-0.4, -0.2) is 16.5 Å². The molecule has 0 aliphatic heterocycles. The van der Waals surface area contributed by atoms with Crippen LogP contribution in [0.15, 0.2) is 34.9 Å². The van der Waals surface area contributed by atoms with Gasteiger partial charge in [-0.1, -0.05) is 6.92 Å². The van der Waals surface area contributed by atoms with E-state index in [1.807, 2.05) is 6.07 Å². The Morgan fingerprint density at radius 1 is 1.33 bits per heavy atom. The normalized spacial score (nSPS) is 10.4. The quantitative estimate of drug-likeness (QED) is 0.931. The number of aromatic nitrogens is 2. The molecule has 1 N–H and O–H groups in total. The molecule has 0 amide bonds. The summed E-state index contributed by atoms with van der Waals surface area (Å²) in [5, 5.41) is 3.19. The lowest BCUT2D eigenvalue weighted by atomic mass is 10.2. The average molecular weight is 310 g/mol. The second-order valence-electron chi connectivity index (χ2n) is 3.82. The minimum absolute atomic E-state index is 0.293. The predicted octanol–water partition coefficient (Wildman–Crippen LogP) is 3.87. The van der Waals surface area contributed by atoms with Crippen LogP contribution in [0.25, 0.3) is 11.4 Å². The van der Waals surface area contributed by atoms with Crippen LogP contribution in [0, 0.1) is 5.82 Å². The standard InChI is InChI=1S/C13H13BrFN3/c1-2-6-16-12-5-7-17-13(18-12)9-3-4-11(15)10(14)8-9/h3-5,7-8H,2,6H2,1H3,(H,16,17,18). The number of hydrogen-bond donors (Lipinski definition) is 1. The molecule has 0 radical (unpaired) electrons. The Morgan fingerprint density at radius 3 is 2.89 bits per heavy atom. The Labute approximate surface area is 114 Å². The zero-order valence-corrected chi connectivity index (χ0v) is 11.5. The number of rotatable bonds is 4. The zero-order chi connectivity index (χ0) is 13.0. The molecule has 0 saturated heterocycles. The minimum atomic E-state index is -0.293. The van der Waals surface area contributed by atoms with Crippen LogP contribution in [0.4, 0.5) is 10.2 Å². The molecule has 0 unspecified atom stereocenters. The van der Waals surface area contributed by atoms with Crippen molar-refractivity contribution in [2.45, 2.75) is 13.3 Å². The zero-order valence-electron chi connectivity index (χ0n) is 9.95. The summed E-state index contributed by atoms with van der Waals surface area (Å²) in [6.07, 6.45) is 2.72. The monoisotopic (exact) mass is 309 g/mol. The Hall–Kier alpha value is -1.49. The average Bonchev–Trinajstić information content (AvgIpc) is 2.40. The summed E-state index contributed by atoms with van der Waals surface area (Å²) in [7, 11) is 0. The molecule has 5 heteroatoms. The van der Waals surface area contributed by atoms with E-state index < -0.39 is 0 Å². The van der Waals surface area contributed by atoms with Gasteiger partial charge in [-0.2, -0.15) is 0 Å². The molecule has 0 bridgehead atoms. The maximum Gasteiger partial charge on any atom is 0.161 e. The summed E-state index contributed by atoms with van der Waals surface area (Å²) in [5.74, 6) is 1.07. The first-order valence-corrected chi connectivity index (χ1v) is 6.52. The number of hydrogen-bond acceptors (Lipinski definition) is 3. The van der Waals surface area contributed by atoms with Gasteiger partial charge in [-0.3, -0.25) is 0 Å². The van der Waals surface area contributed by atoms with Crippen molar-refractivity contribution in [3.63, 3.8) is 0 Å². The summed E-state index contributed by atoms with van der Waals surface area (Å²) in [6, 6.07) is 6.56. The predicted molar refractivity (Wildman–Crippen MR) is 73.9 cm³/mol. The van der Waals surface area contributed by atoms with E-state index in [1.54, 1.807) is 18.3 Å². The number of halogens is 2. The van der Waals surface area contributed by atoms with E-state index in [0.717, 1.165) is 24.3 Å². The van der Waals surface area contributed by atoms with E-state index in [2.05, 4.69) is 38.1 Å². The molecule has 0 saturated carbocycles. The molecule has 2 aromatic rings. The van der Waals surface area contributed by atoms with Crippen molar-refractivity contribution < 1.29 is 4.39 Å². The van der Waals surface area contributed by atoms with E-state index in [9.17, 15) is 4.39 Å². The van der Waals surface area contributed by atoms with Gasteiger partial charge in [0.2, 0.25) is 0 Å². The molecular weight excluding hydrogens is 297 g/mol. The third kappa shape index (κ3) is 3.04. The molecule has 0 fully saturated rings. The molecule has 0 aliphatic rings. The molecule has 3 nitrogen and oxygen atoms in total. The fourth-order valence-electron chi connectivity index (χ4n) is 1.48. The maximum atomic E-state index is 13.2. The van der Waals surface area contributed by atoms with E-state index >= 15 is 0 Å².